The second-order valence-corrected chi connectivity index (χ2v) is 5.12. The Morgan fingerprint density at radius 1 is 1.10 bits per heavy atom. The minimum atomic E-state index is -0.511. The van der Waals surface area contributed by atoms with E-state index < -0.39 is 6.10 Å². The summed E-state index contributed by atoms with van der Waals surface area (Å²) in [5, 5.41) is 13.5. The predicted octanol–water partition coefficient (Wildman–Crippen LogP) is 3.28. The molecule has 0 saturated carbocycles. The van der Waals surface area contributed by atoms with Crippen LogP contribution in [0.4, 0.5) is 5.69 Å². The number of aliphatic hydroxyl groups excluding tert-OH is 1. The van der Waals surface area contributed by atoms with Crippen LogP contribution in [0.5, 0.6) is 5.75 Å². The maximum absolute atomic E-state index is 10.3. The summed E-state index contributed by atoms with van der Waals surface area (Å²) in [5.41, 5.74) is 2.25. The predicted molar refractivity (Wildman–Crippen MR) is 87.4 cm³/mol. The Hall–Kier alpha value is -1.71. The third kappa shape index (κ3) is 3.90. The Morgan fingerprint density at radius 3 is 2.62 bits per heavy atom. The summed E-state index contributed by atoms with van der Waals surface area (Å²) in [4.78, 5) is 0. The Balaban J connectivity index is 0.00000161. The lowest BCUT2D eigenvalue weighted by Crippen LogP contribution is -2.39. The Bertz CT molecular complexity index is 562. The fourth-order valence-electron chi connectivity index (χ4n) is 2.53. The normalized spacial score (nSPS) is 17.9. The summed E-state index contributed by atoms with van der Waals surface area (Å²) in [5.74, 6) is 0.905. The molecule has 2 aromatic carbocycles. The number of hydrogen-bond acceptors (Lipinski definition) is 3. The molecule has 0 bridgehead atoms. The topological polar surface area (TPSA) is 41.5 Å². The SMILES string of the molecule is Cl.O[C@H](CNc1ccccc1)[C@@H]1CCc2ccccc2O1. The third-order valence-electron chi connectivity index (χ3n) is 3.67. The van der Waals surface area contributed by atoms with Gasteiger partial charge in [-0.15, -0.1) is 12.4 Å². The van der Waals surface area contributed by atoms with Gasteiger partial charge in [-0.05, 0) is 36.6 Å². The van der Waals surface area contributed by atoms with Gasteiger partial charge in [-0.25, -0.2) is 0 Å². The molecule has 3 rings (SSSR count). The van der Waals surface area contributed by atoms with Crippen molar-refractivity contribution < 1.29 is 9.84 Å². The van der Waals surface area contributed by atoms with E-state index in [1.54, 1.807) is 0 Å². The number of anilines is 1. The summed E-state index contributed by atoms with van der Waals surface area (Å²) in [6, 6.07) is 17.9. The molecule has 3 nitrogen and oxygen atoms in total. The van der Waals surface area contributed by atoms with Crippen molar-refractivity contribution in [3.63, 3.8) is 0 Å². The minimum Gasteiger partial charge on any atom is -0.487 e. The molecule has 112 valence electrons. The number of para-hydroxylation sites is 2. The zero-order valence-corrected chi connectivity index (χ0v) is 12.6. The molecule has 21 heavy (non-hydrogen) atoms. The van der Waals surface area contributed by atoms with E-state index in [1.165, 1.54) is 5.56 Å². The molecule has 0 aromatic heterocycles. The molecule has 0 unspecified atom stereocenters. The van der Waals surface area contributed by atoms with Crippen LogP contribution in [-0.2, 0) is 6.42 Å². The quantitative estimate of drug-likeness (QED) is 0.911. The Kier molecular flexibility index (Phi) is 5.48. The molecule has 0 spiro atoms. The number of aryl methyl sites for hydroxylation is 1. The fourth-order valence-corrected chi connectivity index (χ4v) is 2.53. The smallest absolute Gasteiger partial charge is 0.127 e. The van der Waals surface area contributed by atoms with Gasteiger partial charge in [-0.1, -0.05) is 36.4 Å². The van der Waals surface area contributed by atoms with Crippen molar-refractivity contribution in [2.24, 2.45) is 0 Å². The van der Waals surface area contributed by atoms with Crippen molar-refractivity contribution in [3.05, 3.63) is 60.2 Å². The number of fused-ring (bicyclic) bond motifs is 1. The lowest BCUT2D eigenvalue weighted by molar-refractivity contribution is 0.0321. The van der Waals surface area contributed by atoms with E-state index in [9.17, 15) is 5.11 Å². The maximum Gasteiger partial charge on any atom is 0.127 e. The number of nitrogens with one attached hydrogen (secondary N) is 1. The number of ether oxygens (including phenoxy) is 1. The fraction of sp³-hybridized carbons (Fsp3) is 0.294. The molecular weight excluding hydrogens is 286 g/mol. The first-order valence-corrected chi connectivity index (χ1v) is 7.04. The molecule has 0 fully saturated rings. The van der Waals surface area contributed by atoms with Gasteiger partial charge in [0, 0.05) is 12.2 Å². The highest BCUT2D eigenvalue weighted by molar-refractivity contribution is 5.85. The van der Waals surface area contributed by atoms with Crippen LogP contribution in [0.1, 0.15) is 12.0 Å². The summed E-state index contributed by atoms with van der Waals surface area (Å²) in [6.07, 6.45) is 1.17. The van der Waals surface area contributed by atoms with Gasteiger partial charge in [0.25, 0.3) is 0 Å². The lowest BCUT2D eigenvalue weighted by atomic mass is 9.99. The van der Waals surface area contributed by atoms with E-state index in [-0.39, 0.29) is 18.5 Å². The van der Waals surface area contributed by atoms with E-state index in [0.717, 1.165) is 24.3 Å². The summed E-state index contributed by atoms with van der Waals surface area (Å²) < 4.78 is 5.89. The van der Waals surface area contributed by atoms with E-state index in [2.05, 4.69) is 11.4 Å². The first kappa shape index (κ1) is 15.7. The monoisotopic (exact) mass is 305 g/mol. The minimum absolute atomic E-state index is 0. The average molecular weight is 306 g/mol. The van der Waals surface area contributed by atoms with E-state index in [4.69, 9.17) is 4.74 Å². The molecule has 2 atom stereocenters. The number of benzene rings is 2. The molecule has 0 amide bonds. The maximum atomic E-state index is 10.3. The lowest BCUT2D eigenvalue weighted by Gasteiger charge is -2.29. The first-order valence-electron chi connectivity index (χ1n) is 7.04. The van der Waals surface area contributed by atoms with Gasteiger partial charge in [0.15, 0.2) is 0 Å². The van der Waals surface area contributed by atoms with Crippen molar-refractivity contribution in [1.82, 2.24) is 0 Å². The van der Waals surface area contributed by atoms with Gasteiger partial charge in [0.2, 0.25) is 0 Å². The number of hydrogen-bond donors (Lipinski definition) is 2. The van der Waals surface area contributed by atoms with Crippen molar-refractivity contribution in [3.8, 4) is 5.75 Å². The molecule has 1 heterocycles. The molecular formula is C17H20ClNO2. The van der Waals surface area contributed by atoms with Gasteiger partial charge in [-0.2, -0.15) is 0 Å². The van der Waals surface area contributed by atoms with Crippen LogP contribution in [0.15, 0.2) is 54.6 Å². The van der Waals surface area contributed by atoms with Gasteiger partial charge in [0.05, 0.1) is 0 Å². The van der Waals surface area contributed by atoms with Crippen LogP contribution in [0, 0.1) is 0 Å². The van der Waals surface area contributed by atoms with Crippen LogP contribution < -0.4 is 10.1 Å². The first-order chi connectivity index (χ1) is 9.83. The second kappa shape index (κ2) is 7.34. The van der Waals surface area contributed by atoms with Crippen LogP contribution in [0.2, 0.25) is 0 Å². The summed E-state index contributed by atoms with van der Waals surface area (Å²) in [7, 11) is 0. The molecule has 4 heteroatoms. The zero-order chi connectivity index (χ0) is 13.8. The highest BCUT2D eigenvalue weighted by atomic mass is 35.5. The zero-order valence-electron chi connectivity index (χ0n) is 11.7. The molecule has 0 saturated heterocycles. The van der Waals surface area contributed by atoms with E-state index >= 15 is 0 Å². The van der Waals surface area contributed by atoms with Gasteiger partial charge in [0.1, 0.15) is 18.0 Å². The molecule has 0 aliphatic carbocycles. The van der Waals surface area contributed by atoms with Gasteiger partial charge >= 0.3 is 0 Å². The van der Waals surface area contributed by atoms with Crippen molar-refractivity contribution in [1.29, 1.82) is 0 Å². The van der Waals surface area contributed by atoms with Crippen LogP contribution >= 0.6 is 12.4 Å². The van der Waals surface area contributed by atoms with Gasteiger partial charge in [-0.3, -0.25) is 0 Å². The third-order valence-corrected chi connectivity index (χ3v) is 3.67. The van der Waals surface area contributed by atoms with Crippen molar-refractivity contribution >= 4 is 18.1 Å². The molecule has 0 radical (unpaired) electrons. The number of aliphatic hydroxyl groups is 1. The number of rotatable bonds is 4. The van der Waals surface area contributed by atoms with E-state index in [1.807, 2.05) is 48.5 Å². The molecule has 1 aliphatic heterocycles. The van der Waals surface area contributed by atoms with Crippen LogP contribution in [0.3, 0.4) is 0 Å². The molecule has 1 aliphatic rings. The highest BCUT2D eigenvalue weighted by Crippen LogP contribution is 2.28. The van der Waals surface area contributed by atoms with E-state index in [0.29, 0.717) is 6.54 Å². The van der Waals surface area contributed by atoms with Crippen LogP contribution in [0.25, 0.3) is 0 Å². The average Bonchev–Trinajstić information content (AvgIpc) is 2.53. The second-order valence-electron chi connectivity index (χ2n) is 5.12. The Morgan fingerprint density at radius 2 is 1.81 bits per heavy atom. The van der Waals surface area contributed by atoms with Crippen molar-refractivity contribution in [2.45, 2.75) is 25.0 Å². The number of halogens is 1. The van der Waals surface area contributed by atoms with Crippen LogP contribution in [-0.4, -0.2) is 23.9 Å². The summed E-state index contributed by atoms with van der Waals surface area (Å²) in [6.45, 7) is 0.497. The van der Waals surface area contributed by atoms with Crippen molar-refractivity contribution in [2.75, 3.05) is 11.9 Å². The summed E-state index contributed by atoms with van der Waals surface area (Å²) >= 11 is 0. The Labute approximate surface area is 131 Å². The largest absolute Gasteiger partial charge is 0.487 e. The standard InChI is InChI=1S/C17H19NO2.ClH/c19-15(12-18-14-7-2-1-3-8-14)17-11-10-13-6-4-5-9-16(13)20-17;/h1-9,15,17-19H,10-12H2;1H/t15-,17+;/m1./s1. The molecule has 2 N–H and O–H groups in total. The highest BCUT2D eigenvalue weighted by Gasteiger charge is 2.25. The van der Waals surface area contributed by atoms with Gasteiger partial charge < -0.3 is 15.2 Å². The molecule has 2 aromatic rings.